The molecule has 2 saturated carbocycles. The van der Waals surface area contributed by atoms with E-state index in [1.54, 1.807) is 0 Å². The van der Waals surface area contributed by atoms with Crippen LogP contribution >= 0.6 is 0 Å². The largest absolute Gasteiger partial charge is 0.274 e. The first-order valence-electron chi connectivity index (χ1n) is 5.93. The van der Waals surface area contributed by atoms with Gasteiger partial charge in [0.05, 0.1) is 6.04 Å². The van der Waals surface area contributed by atoms with Crippen molar-refractivity contribution in [3.63, 3.8) is 0 Å². The summed E-state index contributed by atoms with van der Waals surface area (Å²) in [6.07, 6.45) is 5.81. The minimum atomic E-state index is -0.413. The molecule has 16 heavy (non-hydrogen) atoms. The molecule has 2 bridgehead atoms. The molecular formula is C11H13N3O2. The molecule has 1 spiro atoms. The van der Waals surface area contributed by atoms with Crippen molar-refractivity contribution in [1.29, 1.82) is 0 Å². The standard InChI is InChI=1S/C11H13N3O2/c12-13-4-16-14-9-5-1-2-8(7-3-6(5)7)11(9,14)10(13)15/h1-2,5-9H,3-4,12H2/t5?,6-,7?,8?,9-,11-,14?/m0/s1. The highest BCUT2D eigenvalue weighted by Crippen LogP contribution is 2.72. The van der Waals surface area contributed by atoms with Crippen molar-refractivity contribution >= 4 is 5.91 Å². The summed E-state index contributed by atoms with van der Waals surface area (Å²) < 4.78 is 0. The van der Waals surface area contributed by atoms with Crippen LogP contribution in [0, 0.1) is 23.7 Å². The van der Waals surface area contributed by atoms with Gasteiger partial charge in [0.25, 0.3) is 5.91 Å². The summed E-state index contributed by atoms with van der Waals surface area (Å²) in [7, 11) is 0. The zero-order chi connectivity index (χ0) is 10.7. The fraction of sp³-hybridized carbons (Fsp3) is 0.727. The van der Waals surface area contributed by atoms with Gasteiger partial charge in [0.1, 0.15) is 0 Å². The van der Waals surface area contributed by atoms with Crippen LogP contribution in [-0.2, 0) is 9.63 Å². The molecule has 5 heteroatoms. The van der Waals surface area contributed by atoms with Gasteiger partial charge in [-0.1, -0.05) is 12.2 Å². The highest BCUT2D eigenvalue weighted by molar-refractivity contribution is 5.92. The summed E-state index contributed by atoms with van der Waals surface area (Å²) in [6.45, 7) is 0.200. The van der Waals surface area contributed by atoms with Crippen molar-refractivity contribution < 1.29 is 9.63 Å². The van der Waals surface area contributed by atoms with Crippen LogP contribution in [0.1, 0.15) is 6.42 Å². The van der Waals surface area contributed by atoms with Gasteiger partial charge in [0, 0.05) is 11.8 Å². The van der Waals surface area contributed by atoms with Crippen LogP contribution < -0.4 is 5.84 Å². The molecule has 84 valence electrons. The number of nitrogens with two attached hydrogens (primary N) is 1. The van der Waals surface area contributed by atoms with Crippen LogP contribution in [0.4, 0.5) is 0 Å². The molecule has 2 saturated heterocycles. The minimum Gasteiger partial charge on any atom is -0.274 e. The molecule has 6 aliphatic rings. The third-order valence-electron chi connectivity index (χ3n) is 5.20. The van der Waals surface area contributed by atoms with E-state index in [0.29, 0.717) is 17.8 Å². The summed E-state index contributed by atoms with van der Waals surface area (Å²) >= 11 is 0. The van der Waals surface area contributed by atoms with Gasteiger partial charge in [-0.05, 0) is 18.3 Å². The Morgan fingerprint density at radius 2 is 2.31 bits per heavy atom. The Morgan fingerprint density at radius 3 is 3.19 bits per heavy atom. The second kappa shape index (κ2) is 2.08. The van der Waals surface area contributed by atoms with E-state index in [2.05, 4.69) is 12.2 Å². The van der Waals surface area contributed by atoms with Crippen molar-refractivity contribution in [2.45, 2.75) is 18.0 Å². The lowest BCUT2D eigenvalue weighted by Crippen LogP contribution is -2.57. The number of hydroxylamine groups is 2. The predicted molar refractivity (Wildman–Crippen MR) is 53.1 cm³/mol. The second-order valence-corrected chi connectivity index (χ2v) is 5.68. The molecule has 0 aromatic carbocycles. The van der Waals surface area contributed by atoms with E-state index >= 15 is 0 Å². The molecule has 6 rings (SSSR count). The number of carbonyl (C=O) groups is 1. The van der Waals surface area contributed by atoms with Gasteiger partial charge < -0.3 is 0 Å². The molecule has 1 amide bonds. The van der Waals surface area contributed by atoms with Gasteiger partial charge in [-0.15, -0.1) is 0 Å². The van der Waals surface area contributed by atoms with E-state index in [1.807, 2.05) is 5.06 Å². The highest BCUT2D eigenvalue weighted by atomic mass is 16.7. The van der Waals surface area contributed by atoms with Crippen molar-refractivity contribution in [1.82, 2.24) is 10.1 Å². The Bertz CT molecular complexity index is 451. The summed E-state index contributed by atoms with van der Waals surface area (Å²) in [6, 6.07) is 0.271. The van der Waals surface area contributed by atoms with Crippen LogP contribution in [0.15, 0.2) is 12.2 Å². The third kappa shape index (κ3) is 0.587. The number of hydrogen-bond donors (Lipinski definition) is 1. The smallest absolute Gasteiger partial charge is 0.263 e. The Morgan fingerprint density at radius 1 is 1.44 bits per heavy atom. The first kappa shape index (κ1) is 8.22. The van der Waals surface area contributed by atoms with E-state index in [9.17, 15) is 4.79 Å². The monoisotopic (exact) mass is 219 g/mol. The first-order chi connectivity index (χ1) is 7.76. The van der Waals surface area contributed by atoms with Gasteiger partial charge in [0.15, 0.2) is 12.3 Å². The molecule has 2 N–H and O–H groups in total. The molecule has 0 aromatic rings. The minimum absolute atomic E-state index is 0.0634. The Labute approximate surface area is 92.7 Å². The lowest BCUT2D eigenvalue weighted by Gasteiger charge is -2.36. The maximum Gasteiger partial charge on any atom is 0.263 e. The Kier molecular flexibility index (Phi) is 1.07. The average molecular weight is 219 g/mol. The molecule has 5 nitrogen and oxygen atoms in total. The number of carbonyl (C=O) groups excluding carboxylic acids is 1. The molecule has 4 unspecified atom stereocenters. The van der Waals surface area contributed by atoms with Gasteiger partial charge in [0.2, 0.25) is 0 Å². The highest BCUT2D eigenvalue weighted by Gasteiger charge is 2.84. The van der Waals surface area contributed by atoms with E-state index in [4.69, 9.17) is 10.7 Å². The predicted octanol–water partition coefficient (Wildman–Crippen LogP) is -0.534. The van der Waals surface area contributed by atoms with Gasteiger partial charge in [-0.2, -0.15) is 5.06 Å². The first-order valence-corrected chi connectivity index (χ1v) is 5.93. The molecule has 4 fully saturated rings. The number of nitrogens with zero attached hydrogens (tertiary/aromatic N) is 2. The molecule has 2 aliphatic heterocycles. The zero-order valence-corrected chi connectivity index (χ0v) is 8.74. The number of rotatable bonds is 0. The lowest BCUT2D eigenvalue weighted by atomic mass is 9.68. The number of amides is 1. The number of hydrazine groups is 1. The average Bonchev–Trinajstić information content (AvgIpc) is 3.14. The maximum absolute atomic E-state index is 12.3. The zero-order valence-electron chi connectivity index (χ0n) is 8.74. The quantitative estimate of drug-likeness (QED) is 0.257. The van der Waals surface area contributed by atoms with Gasteiger partial charge in [-0.25, -0.2) is 5.84 Å². The van der Waals surface area contributed by atoms with E-state index in [-0.39, 0.29) is 18.7 Å². The van der Waals surface area contributed by atoms with E-state index < -0.39 is 5.54 Å². The molecule has 0 aromatic heterocycles. The molecular weight excluding hydrogens is 206 g/mol. The fourth-order valence-electron chi connectivity index (χ4n) is 4.50. The van der Waals surface area contributed by atoms with Crippen molar-refractivity contribution in [3.8, 4) is 0 Å². The van der Waals surface area contributed by atoms with Crippen LogP contribution in [-0.4, -0.2) is 34.3 Å². The molecule has 2 heterocycles. The Balaban J connectivity index is 1.69. The SMILES string of the molecule is NN1CON2[C@H]3C4C=CC(C5C[C@H]54)[C@@]32C1=O. The van der Waals surface area contributed by atoms with Crippen molar-refractivity contribution in [2.75, 3.05) is 6.73 Å². The van der Waals surface area contributed by atoms with Gasteiger partial charge >= 0.3 is 0 Å². The summed E-state index contributed by atoms with van der Waals surface area (Å²) in [5.74, 6) is 8.13. The topological polar surface area (TPSA) is 58.6 Å². The molecule has 7 atom stereocenters. The summed E-state index contributed by atoms with van der Waals surface area (Å²) in [4.78, 5) is 17.9. The Hall–Kier alpha value is -0.910. The van der Waals surface area contributed by atoms with Crippen LogP contribution in [0.3, 0.4) is 0 Å². The van der Waals surface area contributed by atoms with Gasteiger partial charge in [-0.3, -0.25) is 14.6 Å². The lowest BCUT2D eigenvalue weighted by molar-refractivity contribution is -0.195. The van der Waals surface area contributed by atoms with Crippen molar-refractivity contribution in [3.05, 3.63) is 12.2 Å². The molecule has 0 radical (unpaired) electrons. The van der Waals surface area contributed by atoms with Crippen LogP contribution in [0.5, 0.6) is 0 Å². The molecule has 4 aliphatic carbocycles. The summed E-state index contributed by atoms with van der Waals surface area (Å²) in [5.41, 5.74) is -0.413. The fourth-order valence-corrected chi connectivity index (χ4v) is 4.50. The van der Waals surface area contributed by atoms with E-state index in [0.717, 1.165) is 5.92 Å². The normalized spacial score (nSPS) is 63.8. The summed E-state index contributed by atoms with van der Waals surface area (Å²) in [5, 5.41) is 3.17. The van der Waals surface area contributed by atoms with Crippen LogP contribution in [0.2, 0.25) is 0 Å². The second-order valence-electron chi connectivity index (χ2n) is 5.68. The number of hydrogen-bond acceptors (Lipinski definition) is 4. The van der Waals surface area contributed by atoms with Crippen LogP contribution in [0.25, 0.3) is 0 Å². The van der Waals surface area contributed by atoms with Crippen molar-refractivity contribution in [2.24, 2.45) is 29.5 Å². The van der Waals surface area contributed by atoms with E-state index in [1.165, 1.54) is 11.4 Å². The third-order valence-corrected chi connectivity index (χ3v) is 5.20. The maximum atomic E-state index is 12.3.